The zero-order valence-electron chi connectivity index (χ0n) is 5.17. The van der Waals surface area contributed by atoms with E-state index >= 15 is 0 Å². The van der Waals surface area contributed by atoms with Crippen LogP contribution >= 0.6 is 23.2 Å². The van der Waals surface area contributed by atoms with Crippen LogP contribution in [0.5, 0.6) is 0 Å². The molecule has 0 amide bonds. The van der Waals surface area contributed by atoms with Crippen molar-refractivity contribution in [3.05, 3.63) is 21.9 Å². The SMILES string of the molecule is [C-]#[N+]c1c(N)nc(Cl)nc1Cl. The van der Waals surface area contributed by atoms with Crippen LogP contribution in [0.4, 0.5) is 11.5 Å². The van der Waals surface area contributed by atoms with Crippen LogP contribution < -0.4 is 5.73 Å². The van der Waals surface area contributed by atoms with Crippen molar-refractivity contribution in [2.45, 2.75) is 0 Å². The van der Waals surface area contributed by atoms with Gasteiger partial charge >= 0.3 is 0 Å². The van der Waals surface area contributed by atoms with Crippen LogP contribution in [0.2, 0.25) is 10.4 Å². The summed E-state index contributed by atoms with van der Waals surface area (Å²) in [5, 5.41) is -0.0719. The first-order chi connectivity index (χ1) is 5.15. The Balaban J connectivity index is 3.40. The van der Waals surface area contributed by atoms with Crippen LogP contribution in [0.3, 0.4) is 0 Å². The fourth-order valence-corrected chi connectivity index (χ4v) is 0.958. The van der Waals surface area contributed by atoms with E-state index in [1.165, 1.54) is 0 Å². The summed E-state index contributed by atoms with van der Waals surface area (Å²) in [6.45, 7) is 6.63. The average Bonchev–Trinajstić information content (AvgIpc) is 1.85. The molecule has 56 valence electrons. The zero-order valence-corrected chi connectivity index (χ0v) is 6.69. The van der Waals surface area contributed by atoms with Gasteiger partial charge in [0.15, 0.2) is 0 Å². The third-order valence-corrected chi connectivity index (χ3v) is 1.39. The van der Waals surface area contributed by atoms with Gasteiger partial charge in [0.25, 0.3) is 5.69 Å². The van der Waals surface area contributed by atoms with Crippen molar-refractivity contribution in [1.82, 2.24) is 9.97 Å². The number of aromatic nitrogens is 2. The molecular formula is C5H2Cl2N4. The molecule has 0 fully saturated rings. The summed E-state index contributed by atoms with van der Waals surface area (Å²) in [5.41, 5.74) is 5.34. The molecule has 1 aromatic rings. The molecule has 0 spiro atoms. The summed E-state index contributed by atoms with van der Waals surface area (Å²) < 4.78 is 0. The lowest BCUT2D eigenvalue weighted by atomic mass is 10.5. The Morgan fingerprint density at radius 3 is 2.45 bits per heavy atom. The second-order valence-electron chi connectivity index (χ2n) is 1.63. The molecule has 6 heteroatoms. The van der Waals surface area contributed by atoms with Crippen molar-refractivity contribution >= 4 is 34.7 Å². The molecule has 11 heavy (non-hydrogen) atoms. The maximum Gasteiger partial charge on any atom is 0.264 e. The molecule has 0 saturated heterocycles. The minimum atomic E-state index is -0.0556. The molecule has 2 N–H and O–H groups in total. The van der Waals surface area contributed by atoms with E-state index in [1.54, 1.807) is 0 Å². The number of nitrogen functional groups attached to an aromatic ring is 1. The summed E-state index contributed by atoms with van der Waals surface area (Å²) in [6.07, 6.45) is 0. The summed E-state index contributed by atoms with van der Waals surface area (Å²) in [6, 6.07) is 0. The first kappa shape index (κ1) is 8.05. The normalized spacial score (nSPS) is 9.18. The van der Waals surface area contributed by atoms with Crippen LogP contribution in [-0.2, 0) is 0 Å². The largest absolute Gasteiger partial charge is 0.392 e. The summed E-state index contributed by atoms with van der Waals surface area (Å²) in [4.78, 5) is 10.1. The molecule has 1 heterocycles. The highest BCUT2D eigenvalue weighted by Crippen LogP contribution is 2.28. The molecule has 0 aliphatic carbocycles. The van der Waals surface area contributed by atoms with Crippen LogP contribution in [0.1, 0.15) is 0 Å². The Morgan fingerprint density at radius 1 is 1.36 bits per heavy atom. The smallest absolute Gasteiger partial charge is 0.264 e. The molecular weight excluding hydrogens is 187 g/mol. The van der Waals surface area contributed by atoms with Gasteiger partial charge in [0.2, 0.25) is 5.28 Å². The van der Waals surface area contributed by atoms with E-state index in [0.717, 1.165) is 0 Å². The molecule has 0 aromatic carbocycles. The Hall–Kier alpha value is -1.05. The first-order valence-electron chi connectivity index (χ1n) is 2.51. The lowest BCUT2D eigenvalue weighted by molar-refractivity contribution is 1.19. The highest BCUT2D eigenvalue weighted by Gasteiger charge is 2.08. The number of hydrogen-bond donors (Lipinski definition) is 1. The molecule has 4 nitrogen and oxygen atoms in total. The van der Waals surface area contributed by atoms with Gasteiger partial charge in [0.1, 0.15) is 11.0 Å². The molecule has 0 aliphatic rings. The minimum Gasteiger partial charge on any atom is -0.392 e. The summed E-state index contributed by atoms with van der Waals surface area (Å²) in [5.74, 6) is 0.00463. The van der Waals surface area contributed by atoms with E-state index in [2.05, 4.69) is 14.8 Å². The second kappa shape index (κ2) is 2.91. The predicted octanol–water partition coefficient (Wildman–Crippen LogP) is 1.92. The maximum absolute atomic E-state index is 6.63. The molecule has 1 aromatic heterocycles. The van der Waals surface area contributed by atoms with Gasteiger partial charge in [-0.3, -0.25) is 0 Å². The number of rotatable bonds is 0. The first-order valence-corrected chi connectivity index (χ1v) is 3.26. The number of halogens is 2. The monoisotopic (exact) mass is 188 g/mol. The summed E-state index contributed by atoms with van der Waals surface area (Å²) in [7, 11) is 0. The Labute approximate surface area is 72.8 Å². The van der Waals surface area contributed by atoms with Crippen LogP contribution in [-0.4, -0.2) is 9.97 Å². The van der Waals surface area contributed by atoms with Gasteiger partial charge in [-0.25, -0.2) is 14.8 Å². The fraction of sp³-hybridized carbons (Fsp3) is 0. The average molecular weight is 189 g/mol. The maximum atomic E-state index is 6.63. The number of nitrogens with two attached hydrogens (primary N) is 1. The predicted molar refractivity (Wildman–Crippen MR) is 42.7 cm³/mol. The molecule has 0 saturated carbocycles. The topological polar surface area (TPSA) is 56.2 Å². The van der Waals surface area contributed by atoms with Gasteiger partial charge in [-0.15, -0.1) is 0 Å². The Kier molecular flexibility index (Phi) is 2.13. The van der Waals surface area contributed by atoms with Crippen molar-refractivity contribution in [3.63, 3.8) is 0 Å². The van der Waals surface area contributed by atoms with E-state index in [0.29, 0.717) is 0 Å². The zero-order chi connectivity index (χ0) is 8.43. The number of hydrogen-bond acceptors (Lipinski definition) is 3. The fourth-order valence-electron chi connectivity index (χ4n) is 0.520. The van der Waals surface area contributed by atoms with Crippen molar-refractivity contribution < 1.29 is 0 Å². The Bertz CT molecular complexity index is 307. The van der Waals surface area contributed by atoms with Crippen molar-refractivity contribution in [2.24, 2.45) is 0 Å². The van der Waals surface area contributed by atoms with Gasteiger partial charge in [0.05, 0.1) is 6.57 Å². The van der Waals surface area contributed by atoms with Crippen molar-refractivity contribution in [1.29, 1.82) is 0 Å². The van der Waals surface area contributed by atoms with E-state index in [-0.39, 0.29) is 21.9 Å². The van der Waals surface area contributed by atoms with E-state index < -0.39 is 0 Å². The van der Waals surface area contributed by atoms with Gasteiger partial charge in [0, 0.05) is 0 Å². The van der Waals surface area contributed by atoms with Crippen LogP contribution in [0, 0.1) is 6.57 Å². The standard InChI is InChI=1S/C5H2Cl2N4/c1-9-2-3(6)10-5(7)11-4(2)8/h(H2,8,10,11). The molecule has 0 aliphatic heterocycles. The summed E-state index contributed by atoms with van der Waals surface area (Å²) >= 11 is 10.9. The van der Waals surface area contributed by atoms with E-state index in [1.807, 2.05) is 0 Å². The highest BCUT2D eigenvalue weighted by atomic mass is 35.5. The van der Waals surface area contributed by atoms with E-state index in [4.69, 9.17) is 35.5 Å². The van der Waals surface area contributed by atoms with Crippen LogP contribution in [0.15, 0.2) is 0 Å². The second-order valence-corrected chi connectivity index (χ2v) is 2.33. The molecule has 1 rings (SSSR count). The van der Waals surface area contributed by atoms with Crippen molar-refractivity contribution in [3.8, 4) is 0 Å². The minimum absolute atomic E-state index is 0.00463. The lowest BCUT2D eigenvalue weighted by Gasteiger charge is -1.97. The number of nitrogens with zero attached hydrogens (tertiary/aromatic N) is 3. The lowest BCUT2D eigenvalue weighted by Crippen LogP contribution is -1.93. The van der Waals surface area contributed by atoms with Gasteiger partial charge in [-0.1, -0.05) is 11.6 Å². The van der Waals surface area contributed by atoms with Crippen molar-refractivity contribution in [2.75, 3.05) is 5.73 Å². The highest BCUT2D eigenvalue weighted by molar-refractivity contribution is 6.34. The van der Waals surface area contributed by atoms with Gasteiger partial charge in [-0.2, -0.15) is 0 Å². The van der Waals surface area contributed by atoms with Crippen LogP contribution in [0.25, 0.3) is 4.85 Å². The number of anilines is 1. The molecule has 0 bridgehead atoms. The third kappa shape index (κ3) is 1.50. The van der Waals surface area contributed by atoms with Gasteiger partial charge < -0.3 is 5.73 Å². The molecule has 0 radical (unpaired) electrons. The quantitative estimate of drug-likeness (QED) is 0.385. The molecule has 0 unspecified atom stereocenters. The van der Waals surface area contributed by atoms with E-state index in [9.17, 15) is 0 Å². The Morgan fingerprint density at radius 2 is 2.00 bits per heavy atom. The third-order valence-electron chi connectivity index (χ3n) is 0.953. The van der Waals surface area contributed by atoms with Gasteiger partial charge in [-0.05, 0) is 11.6 Å². The molecule has 0 atom stereocenters.